The zero-order valence-electron chi connectivity index (χ0n) is 13.2. The van der Waals surface area contributed by atoms with Gasteiger partial charge in [0.25, 0.3) is 0 Å². The van der Waals surface area contributed by atoms with E-state index in [9.17, 15) is 4.79 Å². The van der Waals surface area contributed by atoms with Gasteiger partial charge in [0.15, 0.2) is 6.10 Å². The topological polar surface area (TPSA) is 38.3 Å². The van der Waals surface area contributed by atoms with Gasteiger partial charge in [0.05, 0.1) is 0 Å². The van der Waals surface area contributed by atoms with E-state index in [0.29, 0.717) is 15.7 Å². The quantitative estimate of drug-likeness (QED) is 0.581. The van der Waals surface area contributed by atoms with E-state index in [1.807, 2.05) is 42.5 Å². The predicted molar refractivity (Wildman–Crippen MR) is 101 cm³/mol. The molecule has 0 saturated carbocycles. The Balaban J connectivity index is 1.82. The highest BCUT2D eigenvalue weighted by Crippen LogP contribution is 2.28. The fraction of sp³-hybridized carbons (Fsp3) is 0.0500. The SMILES string of the molecule is O=C(Nc1cccc(Cl)c1)O[C@@H](c1ccccc1)c1ccc(Cl)cc1. The number of benzene rings is 3. The molecule has 5 heteroatoms. The van der Waals surface area contributed by atoms with E-state index < -0.39 is 12.2 Å². The van der Waals surface area contributed by atoms with Crippen molar-refractivity contribution in [2.45, 2.75) is 6.10 Å². The molecule has 0 radical (unpaired) electrons. The predicted octanol–water partition coefficient (Wildman–Crippen LogP) is 6.33. The first-order valence-corrected chi connectivity index (χ1v) is 8.41. The summed E-state index contributed by atoms with van der Waals surface area (Å²) in [6.45, 7) is 0. The van der Waals surface area contributed by atoms with Crippen molar-refractivity contribution in [1.29, 1.82) is 0 Å². The maximum Gasteiger partial charge on any atom is 0.412 e. The molecule has 0 fully saturated rings. The molecule has 0 saturated heterocycles. The average molecular weight is 372 g/mol. The molecule has 0 heterocycles. The molecule has 0 aliphatic heterocycles. The lowest BCUT2D eigenvalue weighted by molar-refractivity contribution is 0.131. The van der Waals surface area contributed by atoms with Gasteiger partial charge in [-0.3, -0.25) is 5.32 Å². The zero-order chi connectivity index (χ0) is 17.6. The van der Waals surface area contributed by atoms with Crippen LogP contribution in [0.1, 0.15) is 17.2 Å². The minimum absolute atomic E-state index is 0.537. The van der Waals surface area contributed by atoms with Crippen LogP contribution in [0.4, 0.5) is 10.5 Å². The third kappa shape index (κ3) is 4.75. The number of hydrogen-bond donors (Lipinski definition) is 1. The number of ether oxygens (including phenoxy) is 1. The zero-order valence-corrected chi connectivity index (χ0v) is 14.7. The molecular weight excluding hydrogens is 357 g/mol. The molecule has 0 aliphatic carbocycles. The van der Waals surface area contributed by atoms with Crippen LogP contribution in [0.25, 0.3) is 0 Å². The molecule has 126 valence electrons. The number of hydrogen-bond acceptors (Lipinski definition) is 2. The van der Waals surface area contributed by atoms with Crippen molar-refractivity contribution in [3.05, 3.63) is 100 Å². The fourth-order valence-electron chi connectivity index (χ4n) is 2.41. The first-order valence-electron chi connectivity index (χ1n) is 7.65. The minimum Gasteiger partial charge on any atom is -0.436 e. The Bertz CT molecular complexity index is 851. The van der Waals surface area contributed by atoms with Gasteiger partial charge in [0.1, 0.15) is 0 Å². The molecule has 3 rings (SSSR count). The number of carbonyl (C=O) groups is 1. The van der Waals surface area contributed by atoms with Crippen LogP contribution in [0.5, 0.6) is 0 Å². The van der Waals surface area contributed by atoms with Crippen LogP contribution in [-0.2, 0) is 4.74 Å². The number of carbonyl (C=O) groups excluding carboxylic acids is 1. The second-order valence-corrected chi connectivity index (χ2v) is 6.26. The minimum atomic E-state index is -0.564. The summed E-state index contributed by atoms with van der Waals surface area (Å²) in [5.41, 5.74) is 2.27. The van der Waals surface area contributed by atoms with Gasteiger partial charge in [0, 0.05) is 15.7 Å². The Labute approximate surface area is 156 Å². The van der Waals surface area contributed by atoms with Crippen LogP contribution < -0.4 is 5.32 Å². The average Bonchev–Trinajstić information content (AvgIpc) is 2.61. The third-order valence-electron chi connectivity index (χ3n) is 3.57. The standard InChI is InChI=1S/C20H15Cl2NO2/c21-16-11-9-15(10-12-16)19(14-5-2-1-3-6-14)25-20(24)23-18-8-4-7-17(22)13-18/h1-13,19H,(H,23,24)/t19-/m0/s1. The van der Waals surface area contributed by atoms with Crippen molar-refractivity contribution in [3.8, 4) is 0 Å². The summed E-state index contributed by atoms with van der Waals surface area (Å²) in [6.07, 6.45) is -1.11. The second kappa shape index (κ2) is 8.06. The summed E-state index contributed by atoms with van der Waals surface area (Å²) in [4.78, 5) is 12.3. The highest BCUT2D eigenvalue weighted by atomic mass is 35.5. The Morgan fingerprint density at radius 2 is 1.48 bits per heavy atom. The second-order valence-electron chi connectivity index (χ2n) is 5.38. The van der Waals surface area contributed by atoms with Gasteiger partial charge in [-0.05, 0) is 41.5 Å². The largest absolute Gasteiger partial charge is 0.436 e. The molecule has 3 aromatic carbocycles. The monoisotopic (exact) mass is 371 g/mol. The summed E-state index contributed by atoms with van der Waals surface area (Å²) in [5.74, 6) is 0. The number of nitrogens with one attached hydrogen (secondary N) is 1. The van der Waals surface area contributed by atoms with E-state index in [-0.39, 0.29) is 0 Å². The molecule has 3 aromatic rings. The van der Waals surface area contributed by atoms with Crippen LogP contribution in [0.15, 0.2) is 78.9 Å². The lowest BCUT2D eigenvalue weighted by atomic mass is 10.0. The van der Waals surface area contributed by atoms with Gasteiger partial charge in [0.2, 0.25) is 0 Å². The molecule has 1 N–H and O–H groups in total. The van der Waals surface area contributed by atoms with Gasteiger partial charge in [-0.1, -0.05) is 71.7 Å². The van der Waals surface area contributed by atoms with E-state index in [2.05, 4.69) is 5.32 Å². The lowest BCUT2D eigenvalue weighted by Gasteiger charge is -2.19. The maximum atomic E-state index is 12.3. The first-order chi connectivity index (χ1) is 12.1. The lowest BCUT2D eigenvalue weighted by Crippen LogP contribution is -2.18. The Morgan fingerprint density at radius 1 is 0.800 bits per heavy atom. The molecule has 0 unspecified atom stereocenters. The van der Waals surface area contributed by atoms with Crippen molar-refractivity contribution >= 4 is 35.0 Å². The molecule has 0 aromatic heterocycles. The number of amides is 1. The van der Waals surface area contributed by atoms with Gasteiger partial charge in [-0.2, -0.15) is 0 Å². The van der Waals surface area contributed by atoms with Crippen LogP contribution in [0.2, 0.25) is 10.0 Å². The van der Waals surface area contributed by atoms with Crippen molar-refractivity contribution in [2.24, 2.45) is 0 Å². The molecule has 3 nitrogen and oxygen atoms in total. The molecule has 1 atom stereocenters. The highest BCUT2D eigenvalue weighted by molar-refractivity contribution is 6.31. The van der Waals surface area contributed by atoms with E-state index in [4.69, 9.17) is 27.9 Å². The molecule has 25 heavy (non-hydrogen) atoms. The molecule has 0 bridgehead atoms. The maximum absolute atomic E-state index is 12.3. The molecule has 0 aliphatic rings. The normalized spacial score (nSPS) is 11.6. The number of rotatable bonds is 4. The third-order valence-corrected chi connectivity index (χ3v) is 4.06. The Morgan fingerprint density at radius 3 is 2.16 bits per heavy atom. The Hall–Kier alpha value is -2.49. The Kier molecular flexibility index (Phi) is 5.59. The van der Waals surface area contributed by atoms with Gasteiger partial charge in [-0.25, -0.2) is 4.79 Å². The summed E-state index contributed by atoms with van der Waals surface area (Å²) in [6, 6.07) is 23.6. The number of halogens is 2. The van der Waals surface area contributed by atoms with Gasteiger partial charge in [-0.15, -0.1) is 0 Å². The van der Waals surface area contributed by atoms with Gasteiger partial charge >= 0.3 is 6.09 Å². The molecule has 0 spiro atoms. The van der Waals surface area contributed by atoms with Crippen LogP contribution in [0, 0.1) is 0 Å². The van der Waals surface area contributed by atoms with E-state index in [1.54, 1.807) is 36.4 Å². The fourth-order valence-corrected chi connectivity index (χ4v) is 2.73. The van der Waals surface area contributed by atoms with Crippen LogP contribution >= 0.6 is 23.2 Å². The van der Waals surface area contributed by atoms with Crippen molar-refractivity contribution in [3.63, 3.8) is 0 Å². The summed E-state index contributed by atoms with van der Waals surface area (Å²) in [5, 5.41) is 3.85. The number of anilines is 1. The molecule has 1 amide bonds. The summed E-state index contributed by atoms with van der Waals surface area (Å²) in [7, 11) is 0. The van der Waals surface area contributed by atoms with Crippen molar-refractivity contribution in [1.82, 2.24) is 0 Å². The highest BCUT2D eigenvalue weighted by Gasteiger charge is 2.19. The van der Waals surface area contributed by atoms with E-state index in [0.717, 1.165) is 11.1 Å². The van der Waals surface area contributed by atoms with Crippen LogP contribution in [0.3, 0.4) is 0 Å². The van der Waals surface area contributed by atoms with E-state index >= 15 is 0 Å². The summed E-state index contributed by atoms with van der Waals surface area (Å²) >= 11 is 11.9. The van der Waals surface area contributed by atoms with E-state index in [1.165, 1.54) is 0 Å². The molecular formula is C20H15Cl2NO2. The first kappa shape index (κ1) is 17.3. The van der Waals surface area contributed by atoms with Crippen LogP contribution in [-0.4, -0.2) is 6.09 Å². The van der Waals surface area contributed by atoms with Gasteiger partial charge < -0.3 is 4.74 Å². The van der Waals surface area contributed by atoms with Crippen molar-refractivity contribution in [2.75, 3.05) is 5.32 Å². The van der Waals surface area contributed by atoms with Crippen molar-refractivity contribution < 1.29 is 9.53 Å². The summed E-state index contributed by atoms with van der Waals surface area (Å²) < 4.78 is 5.67. The smallest absolute Gasteiger partial charge is 0.412 e.